The van der Waals surface area contributed by atoms with E-state index in [0.29, 0.717) is 12.5 Å². The summed E-state index contributed by atoms with van der Waals surface area (Å²) < 4.78 is 5.41. The van der Waals surface area contributed by atoms with Crippen molar-refractivity contribution >= 4 is 0 Å². The van der Waals surface area contributed by atoms with Crippen molar-refractivity contribution in [1.29, 1.82) is 5.26 Å². The molecule has 0 saturated heterocycles. The molecule has 104 valence electrons. The molecule has 3 heteroatoms. The van der Waals surface area contributed by atoms with Crippen LogP contribution < -0.4 is 10.1 Å². The van der Waals surface area contributed by atoms with Crippen molar-refractivity contribution in [1.82, 2.24) is 5.32 Å². The molecular formula is C16H24N2O. The summed E-state index contributed by atoms with van der Waals surface area (Å²) in [4.78, 5) is 0. The van der Waals surface area contributed by atoms with Crippen LogP contribution in [0.3, 0.4) is 0 Å². The third-order valence-electron chi connectivity index (χ3n) is 3.16. The number of hydrogen-bond donors (Lipinski definition) is 1. The molecule has 1 rings (SSSR count). The Bertz CT molecular complexity index is 392. The lowest BCUT2D eigenvalue weighted by atomic mass is 9.97. The zero-order valence-electron chi connectivity index (χ0n) is 12.1. The first-order chi connectivity index (χ1) is 9.17. The van der Waals surface area contributed by atoms with Gasteiger partial charge in [0.1, 0.15) is 5.75 Å². The van der Waals surface area contributed by atoms with Crippen molar-refractivity contribution in [2.75, 3.05) is 19.7 Å². The average Bonchev–Trinajstić information content (AvgIpc) is 2.40. The average molecular weight is 260 g/mol. The van der Waals surface area contributed by atoms with Crippen molar-refractivity contribution in [3.05, 3.63) is 29.8 Å². The molecule has 0 amide bonds. The molecule has 0 aliphatic carbocycles. The number of nitriles is 1. The van der Waals surface area contributed by atoms with Crippen molar-refractivity contribution < 1.29 is 4.74 Å². The van der Waals surface area contributed by atoms with Gasteiger partial charge in [-0.1, -0.05) is 26.0 Å². The maximum absolute atomic E-state index is 8.99. The molecule has 1 atom stereocenters. The predicted molar refractivity (Wildman–Crippen MR) is 78.1 cm³/mol. The van der Waals surface area contributed by atoms with E-state index in [1.807, 2.05) is 19.1 Å². The lowest BCUT2D eigenvalue weighted by Gasteiger charge is -2.13. The minimum Gasteiger partial charge on any atom is -0.494 e. The van der Waals surface area contributed by atoms with Crippen molar-refractivity contribution in [2.45, 2.75) is 27.2 Å². The van der Waals surface area contributed by atoms with Gasteiger partial charge in [0.05, 0.1) is 18.6 Å². The second kappa shape index (κ2) is 8.55. The van der Waals surface area contributed by atoms with Gasteiger partial charge >= 0.3 is 0 Å². The van der Waals surface area contributed by atoms with Crippen molar-refractivity contribution in [3.8, 4) is 11.8 Å². The number of ether oxygens (including phenoxy) is 1. The summed E-state index contributed by atoms with van der Waals surface area (Å²) in [5.41, 5.74) is 1.29. The van der Waals surface area contributed by atoms with Crippen LogP contribution in [0.5, 0.6) is 5.75 Å². The number of nitrogens with zero attached hydrogens (tertiary/aromatic N) is 1. The fraction of sp³-hybridized carbons (Fsp3) is 0.562. The van der Waals surface area contributed by atoms with Crippen molar-refractivity contribution in [3.63, 3.8) is 0 Å². The van der Waals surface area contributed by atoms with E-state index in [2.05, 4.69) is 37.4 Å². The van der Waals surface area contributed by atoms with Gasteiger partial charge in [-0.05, 0) is 43.5 Å². The van der Waals surface area contributed by atoms with Gasteiger partial charge in [0.25, 0.3) is 0 Å². The van der Waals surface area contributed by atoms with Gasteiger partial charge in [-0.3, -0.25) is 0 Å². The molecule has 0 radical (unpaired) electrons. The molecule has 1 unspecified atom stereocenters. The molecule has 0 aromatic heterocycles. The summed E-state index contributed by atoms with van der Waals surface area (Å²) in [5.74, 6) is 1.42. The van der Waals surface area contributed by atoms with Gasteiger partial charge in [-0.15, -0.1) is 0 Å². The quantitative estimate of drug-likeness (QED) is 0.731. The molecule has 0 saturated carbocycles. The van der Waals surface area contributed by atoms with Gasteiger partial charge in [0, 0.05) is 6.54 Å². The SMILES string of the molecule is CCOc1ccc(CCNCC(C#N)C(C)C)cc1. The summed E-state index contributed by atoms with van der Waals surface area (Å²) in [6.07, 6.45) is 0.975. The van der Waals surface area contributed by atoms with E-state index in [1.165, 1.54) is 5.56 Å². The van der Waals surface area contributed by atoms with E-state index in [4.69, 9.17) is 10.00 Å². The Kier molecular flexibility index (Phi) is 6.99. The maximum Gasteiger partial charge on any atom is 0.119 e. The molecule has 0 aliphatic heterocycles. The molecule has 0 aliphatic rings. The summed E-state index contributed by atoms with van der Waals surface area (Å²) in [5, 5.41) is 12.3. The smallest absolute Gasteiger partial charge is 0.119 e. The molecule has 0 spiro atoms. The highest BCUT2D eigenvalue weighted by Crippen LogP contribution is 2.12. The van der Waals surface area contributed by atoms with Gasteiger partial charge in [-0.25, -0.2) is 0 Å². The molecule has 1 aromatic rings. The first-order valence-corrected chi connectivity index (χ1v) is 6.99. The van der Waals surface area contributed by atoms with Gasteiger partial charge in [-0.2, -0.15) is 5.26 Å². The second-order valence-electron chi connectivity index (χ2n) is 5.01. The zero-order valence-corrected chi connectivity index (χ0v) is 12.1. The minimum absolute atomic E-state index is 0.0975. The van der Waals surface area contributed by atoms with Crippen LogP contribution in [-0.2, 0) is 6.42 Å². The summed E-state index contributed by atoms with van der Waals surface area (Å²) in [6.45, 7) is 8.53. The zero-order chi connectivity index (χ0) is 14.1. The van der Waals surface area contributed by atoms with E-state index >= 15 is 0 Å². The Hall–Kier alpha value is -1.53. The Morgan fingerprint density at radius 1 is 1.26 bits per heavy atom. The Morgan fingerprint density at radius 2 is 1.95 bits per heavy atom. The highest BCUT2D eigenvalue weighted by Gasteiger charge is 2.10. The van der Waals surface area contributed by atoms with Crippen LogP contribution in [-0.4, -0.2) is 19.7 Å². The Balaban J connectivity index is 2.27. The lowest BCUT2D eigenvalue weighted by Crippen LogP contribution is -2.26. The fourth-order valence-corrected chi connectivity index (χ4v) is 1.84. The molecule has 19 heavy (non-hydrogen) atoms. The highest BCUT2D eigenvalue weighted by molar-refractivity contribution is 5.27. The van der Waals surface area contributed by atoms with E-state index in [9.17, 15) is 0 Å². The van der Waals surface area contributed by atoms with Gasteiger partial charge in [0.2, 0.25) is 0 Å². The largest absolute Gasteiger partial charge is 0.494 e. The number of benzene rings is 1. The van der Waals surface area contributed by atoms with Crippen LogP contribution in [0.2, 0.25) is 0 Å². The maximum atomic E-state index is 8.99. The third kappa shape index (κ3) is 5.76. The fourth-order valence-electron chi connectivity index (χ4n) is 1.84. The van der Waals surface area contributed by atoms with Gasteiger partial charge in [0.15, 0.2) is 0 Å². The predicted octanol–water partition coefficient (Wildman–Crippen LogP) is 3.01. The number of nitrogens with one attached hydrogen (secondary N) is 1. The number of rotatable bonds is 8. The Morgan fingerprint density at radius 3 is 2.47 bits per heavy atom. The van der Waals surface area contributed by atoms with E-state index in [1.54, 1.807) is 0 Å². The minimum atomic E-state index is 0.0975. The molecule has 0 fully saturated rings. The first-order valence-electron chi connectivity index (χ1n) is 6.99. The molecular weight excluding hydrogens is 236 g/mol. The van der Waals surface area contributed by atoms with Crippen molar-refractivity contribution in [2.24, 2.45) is 11.8 Å². The van der Waals surface area contributed by atoms with Crippen LogP contribution in [0.4, 0.5) is 0 Å². The monoisotopic (exact) mass is 260 g/mol. The third-order valence-corrected chi connectivity index (χ3v) is 3.16. The first kappa shape index (κ1) is 15.5. The van der Waals surface area contributed by atoms with Gasteiger partial charge < -0.3 is 10.1 Å². The molecule has 0 heterocycles. The van der Waals surface area contributed by atoms with E-state index in [-0.39, 0.29) is 5.92 Å². The van der Waals surface area contributed by atoms with Crippen LogP contribution in [0, 0.1) is 23.2 Å². The lowest BCUT2D eigenvalue weighted by molar-refractivity contribution is 0.340. The summed E-state index contributed by atoms with van der Waals surface area (Å²) in [6, 6.07) is 10.5. The van der Waals surface area contributed by atoms with Crippen LogP contribution in [0.25, 0.3) is 0 Å². The topological polar surface area (TPSA) is 45.0 Å². The summed E-state index contributed by atoms with van der Waals surface area (Å²) >= 11 is 0. The molecule has 1 N–H and O–H groups in total. The number of hydrogen-bond acceptors (Lipinski definition) is 3. The molecule has 1 aromatic carbocycles. The van der Waals surface area contributed by atoms with Crippen LogP contribution in [0.1, 0.15) is 26.3 Å². The van der Waals surface area contributed by atoms with Crippen LogP contribution in [0.15, 0.2) is 24.3 Å². The summed E-state index contributed by atoms with van der Waals surface area (Å²) in [7, 11) is 0. The van der Waals surface area contributed by atoms with E-state index in [0.717, 1.165) is 25.3 Å². The standard InChI is InChI=1S/C16H24N2O/c1-4-19-16-7-5-14(6-8-16)9-10-18-12-15(11-17)13(2)3/h5-8,13,15,18H,4,9-10,12H2,1-3H3. The van der Waals surface area contributed by atoms with Crippen LogP contribution >= 0.6 is 0 Å². The second-order valence-corrected chi connectivity index (χ2v) is 5.01. The Labute approximate surface area is 116 Å². The normalized spacial score (nSPS) is 12.2. The molecule has 0 bridgehead atoms. The molecule has 3 nitrogen and oxygen atoms in total. The highest BCUT2D eigenvalue weighted by atomic mass is 16.5. The van der Waals surface area contributed by atoms with E-state index < -0.39 is 0 Å².